The van der Waals surface area contributed by atoms with Crippen LogP contribution in [-0.4, -0.2) is 108 Å². The molecule has 9 nitrogen and oxygen atoms in total. The van der Waals surface area contributed by atoms with Gasteiger partial charge in [0, 0.05) is 44.5 Å². The average molecular weight is 455 g/mol. The Balaban J connectivity index is 1.49. The van der Waals surface area contributed by atoms with Crippen LogP contribution in [0.5, 0.6) is 0 Å². The largest absolute Gasteiger partial charge is 0.395 e. The lowest BCUT2D eigenvalue weighted by molar-refractivity contribution is -0.140. The number of amides is 3. The summed E-state index contributed by atoms with van der Waals surface area (Å²) in [6.45, 7) is 6.87. The topological polar surface area (TPSA) is 111 Å². The van der Waals surface area contributed by atoms with Crippen LogP contribution < -0.4 is 10.6 Å². The second kappa shape index (κ2) is 9.64. The van der Waals surface area contributed by atoms with E-state index in [0.717, 1.165) is 38.9 Å². The highest BCUT2D eigenvalue weighted by Gasteiger charge is 2.73. The highest BCUT2D eigenvalue weighted by atomic mass is 32.2. The standard InChI is InChI=1S/C21H34N4O5S/c1-2-5-22-18(27)15-14-3-4-21(31-14)16(15)20(29)25(8-11-26)17(21)19(28)23-6-7-24-9-12-30-13-10-24/h14-17,26H,2-13H2,1H3,(H,22,27)(H,23,28)/t14-,15+,16+,17?,21?/m1/s1. The van der Waals surface area contributed by atoms with Gasteiger partial charge in [-0.05, 0) is 19.3 Å². The quantitative estimate of drug-likeness (QED) is 0.412. The summed E-state index contributed by atoms with van der Waals surface area (Å²) in [6.07, 6.45) is 2.42. The number of β-amino-alcohol motifs (C(OH)–C–C–N with tert-alkyl or cyclic N) is 1. The van der Waals surface area contributed by atoms with E-state index >= 15 is 0 Å². The molecule has 3 amide bonds. The Morgan fingerprint density at radius 1 is 1.19 bits per heavy atom. The molecule has 2 unspecified atom stereocenters. The van der Waals surface area contributed by atoms with Crippen molar-refractivity contribution in [2.24, 2.45) is 11.8 Å². The number of rotatable bonds is 9. The Kier molecular flexibility index (Phi) is 7.10. The molecule has 174 valence electrons. The van der Waals surface area contributed by atoms with Crippen molar-refractivity contribution in [3.05, 3.63) is 0 Å². The zero-order valence-corrected chi connectivity index (χ0v) is 19.0. The van der Waals surface area contributed by atoms with Crippen LogP contribution in [0.3, 0.4) is 0 Å². The Morgan fingerprint density at radius 2 is 1.94 bits per heavy atom. The molecular formula is C21H34N4O5S. The first kappa shape index (κ1) is 22.8. The molecule has 4 heterocycles. The normalized spacial score (nSPS) is 34.8. The van der Waals surface area contributed by atoms with Gasteiger partial charge in [-0.3, -0.25) is 19.3 Å². The molecule has 4 aliphatic rings. The van der Waals surface area contributed by atoms with Crippen molar-refractivity contribution >= 4 is 29.5 Å². The van der Waals surface area contributed by atoms with Crippen molar-refractivity contribution < 1.29 is 24.2 Å². The Bertz CT molecular complexity index is 703. The summed E-state index contributed by atoms with van der Waals surface area (Å²) in [4.78, 5) is 43.4. The van der Waals surface area contributed by atoms with Gasteiger partial charge < -0.3 is 25.4 Å². The van der Waals surface area contributed by atoms with E-state index in [9.17, 15) is 19.5 Å². The van der Waals surface area contributed by atoms with Crippen LogP contribution in [0.2, 0.25) is 0 Å². The van der Waals surface area contributed by atoms with Gasteiger partial charge in [-0.2, -0.15) is 0 Å². The monoisotopic (exact) mass is 454 g/mol. The van der Waals surface area contributed by atoms with Crippen molar-refractivity contribution in [2.45, 2.75) is 42.2 Å². The minimum Gasteiger partial charge on any atom is -0.395 e. The summed E-state index contributed by atoms with van der Waals surface area (Å²) >= 11 is 1.66. The van der Waals surface area contributed by atoms with Crippen LogP contribution in [0.4, 0.5) is 0 Å². The summed E-state index contributed by atoms with van der Waals surface area (Å²) in [7, 11) is 0. The van der Waals surface area contributed by atoms with Crippen molar-refractivity contribution in [1.29, 1.82) is 0 Å². The Morgan fingerprint density at radius 3 is 2.65 bits per heavy atom. The van der Waals surface area contributed by atoms with Crippen molar-refractivity contribution in [2.75, 3.05) is 59.1 Å². The first-order valence-corrected chi connectivity index (χ1v) is 12.4. The van der Waals surface area contributed by atoms with Gasteiger partial charge in [0.05, 0.1) is 36.4 Å². The summed E-state index contributed by atoms with van der Waals surface area (Å²) < 4.78 is 4.79. The van der Waals surface area contributed by atoms with E-state index in [1.807, 2.05) is 6.92 Å². The van der Waals surface area contributed by atoms with Gasteiger partial charge in [-0.1, -0.05) is 6.92 Å². The fourth-order valence-electron chi connectivity index (χ4n) is 5.73. The lowest BCUT2D eigenvalue weighted by Crippen LogP contribution is -2.55. The van der Waals surface area contributed by atoms with E-state index in [1.54, 1.807) is 11.8 Å². The average Bonchev–Trinajstić information content (AvgIpc) is 3.41. The van der Waals surface area contributed by atoms with Gasteiger partial charge in [-0.25, -0.2) is 0 Å². The molecule has 2 bridgehead atoms. The van der Waals surface area contributed by atoms with Crippen LogP contribution in [-0.2, 0) is 19.1 Å². The van der Waals surface area contributed by atoms with Crippen molar-refractivity contribution in [1.82, 2.24) is 20.4 Å². The molecule has 0 radical (unpaired) electrons. The number of nitrogens with one attached hydrogen (secondary N) is 2. The number of aliphatic hydroxyl groups is 1. The third-order valence-corrected chi connectivity index (χ3v) is 9.02. The molecule has 31 heavy (non-hydrogen) atoms. The van der Waals surface area contributed by atoms with Crippen molar-refractivity contribution in [3.8, 4) is 0 Å². The minimum atomic E-state index is -0.638. The molecule has 4 fully saturated rings. The minimum absolute atomic E-state index is 0.0726. The molecule has 10 heteroatoms. The first-order chi connectivity index (χ1) is 15.0. The fraction of sp³-hybridized carbons (Fsp3) is 0.857. The molecule has 5 atom stereocenters. The summed E-state index contributed by atoms with van der Waals surface area (Å²) in [5, 5.41) is 15.7. The molecule has 4 aliphatic heterocycles. The number of hydrogen-bond donors (Lipinski definition) is 3. The Labute approximate surface area is 187 Å². The molecule has 0 aromatic heterocycles. The fourth-order valence-corrected chi connectivity index (χ4v) is 7.95. The van der Waals surface area contributed by atoms with E-state index in [0.29, 0.717) is 26.3 Å². The highest BCUT2D eigenvalue weighted by Crippen LogP contribution is 2.66. The molecule has 3 N–H and O–H groups in total. The third kappa shape index (κ3) is 4.07. The number of likely N-dealkylation sites (tertiary alicyclic amines) is 1. The molecule has 1 spiro atoms. The zero-order valence-electron chi connectivity index (χ0n) is 18.2. The van der Waals surface area contributed by atoms with Gasteiger partial charge in [-0.15, -0.1) is 11.8 Å². The maximum Gasteiger partial charge on any atom is 0.244 e. The molecule has 0 saturated carbocycles. The van der Waals surface area contributed by atoms with E-state index in [-0.39, 0.29) is 36.1 Å². The molecule has 0 aromatic rings. The lowest BCUT2D eigenvalue weighted by Gasteiger charge is -2.34. The van der Waals surface area contributed by atoms with Crippen LogP contribution >= 0.6 is 11.8 Å². The molecule has 0 aliphatic carbocycles. The van der Waals surface area contributed by atoms with Crippen LogP contribution in [0.1, 0.15) is 26.2 Å². The zero-order chi connectivity index (χ0) is 22.0. The number of carbonyl (C=O) groups excluding carboxylic acids is 3. The smallest absolute Gasteiger partial charge is 0.244 e. The van der Waals surface area contributed by atoms with E-state index < -0.39 is 22.6 Å². The van der Waals surface area contributed by atoms with Gasteiger partial charge in [0.2, 0.25) is 17.7 Å². The molecule has 0 aromatic carbocycles. The van der Waals surface area contributed by atoms with Crippen LogP contribution in [0.25, 0.3) is 0 Å². The SMILES string of the molecule is CCCNC(=O)[C@@H]1[C@H]2C(=O)N(CCO)C(C(=O)NCCN3CCOCC3)C23CC[C@H]1S3. The lowest BCUT2D eigenvalue weighted by atomic mass is 9.70. The summed E-state index contributed by atoms with van der Waals surface area (Å²) in [5.41, 5.74) is 0. The predicted molar refractivity (Wildman–Crippen MR) is 116 cm³/mol. The number of hydrogen-bond acceptors (Lipinski definition) is 7. The maximum atomic E-state index is 13.4. The number of ether oxygens (including phenoxy) is 1. The highest BCUT2D eigenvalue weighted by molar-refractivity contribution is 8.02. The van der Waals surface area contributed by atoms with Crippen molar-refractivity contribution in [3.63, 3.8) is 0 Å². The maximum absolute atomic E-state index is 13.4. The molecule has 4 rings (SSSR count). The number of carbonyl (C=O) groups is 3. The van der Waals surface area contributed by atoms with E-state index in [4.69, 9.17) is 4.74 Å². The third-order valence-electron chi connectivity index (χ3n) is 7.07. The number of fused-ring (bicyclic) bond motifs is 1. The van der Waals surface area contributed by atoms with E-state index in [2.05, 4.69) is 15.5 Å². The van der Waals surface area contributed by atoms with Gasteiger partial charge in [0.25, 0.3) is 0 Å². The second-order valence-corrected chi connectivity index (χ2v) is 10.4. The number of morpholine rings is 1. The van der Waals surface area contributed by atoms with Gasteiger partial charge in [0.1, 0.15) is 6.04 Å². The predicted octanol–water partition coefficient (Wildman–Crippen LogP) is -0.955. The Hall–Kier alpha value is -1.36. The van der Waals surface area contributed by atoms with Crippen LogP contribution in [0.15, 0.2) is 0 Å². The first-order valence-electron chi connectivity index (χ1n) is 11.5. The molecular weight excluding hydrogens is 420 g/mol. The molecule has 4 saturated heterocycles. The summed E-state index contributed by atoms with van der Waals surface area (Å²) in [6, 6.07) is -0.638. The van der Waals surface area contributed by atoms with Crippen LogP contribution in [0, 0.1) is 11.8 Å². The number of nitrogens with zero attached hydrogens (tertiary/aromatic N) is 2. The number of thioether (sulfide) groups is 1. The van der Waals surface area contributed by atoms with Gasteiger partial charge >= 0.3 is 0 Å². The summed E-state index contributed by atoms with van der Waals surface area (Å²) in [5.74, 6) is -1.29. The second-order valence-electron chi connectivity index (χ2n) is 8.85. The van der Waals surface area contributed by atoms with E-state index in [1.165, 1.54) is 4.90 Å². The number of aliphatic hydroxyl groups excluding tert-OH is 1. The van der Waals surface area contributed by atoms with Gasteiger partial charge in [0.15, 0.2) is 0 Å².